The van der Waals surface area contributed by atoms with E-state index in [4.69, 9.17) is 0 Å². The van der Waals surface area contributed by atoms with Crippen LogP contribution in [0.2, 0.25) is 0 Å². The summed E-state index contributed by atoms with van der Waals surface area (Å²) >= 11 is 1.83. The topological polar surface area (TPSA) is 12.0 Å². The Morgan fingerprint density at radius 2 is 2.12 bits per heavy atom. The quantitative estimate of drug-likeness (QED) is 0.848. The van der Waals surface area contributed by atoms with Gasteiger partial charge in [0.05, 0.1) is 0 Å². The van der Waals surface area contributed by atoms with Crippen LogP contribution in [0, 0.1) is 6.92 Å². The Morgan fingerprint density at radius 1 is 1.25 bits per heavy atom. The normalized spacial score (nSPS) is 12.6. The Balaban J connectivity index is 2.16. The third kappa shape index (κ3) is 2.71. The van der Waals surface area contributed by atoms with Gasteiger partial charge in [0.15, 0.2) is 0 Å². The zero-order valence-corrected chi connectivity index (χ0v) is 10.6. The first kappa shape index (κ1) is 11.4. The first-order valence-electron chi connectivity index (χ1n) is 5.56. The molecule has 0 fully saturated rings. The van der Waals surface area contributed by atoms with Crippen molar-refractivity contribution in [2.45, 2.75) is 19.4 Å². The second-order valence-electron chi connectivity index (χ2n) is 4.04. The number of benzene rings is 1. The van der Waals surface area contributed by atoms with Gasteiger partial charge in [0.2, 0.25) is 0 Å². The molecule has 1 aromatic carbocycles. The Morgan fingerprint density at radius 3 is 2.75 bits per heavy atom. The Bertz CT molecular complexity index is 434. The first-order valence-corrected chi connectivity index (χ1v) is 6.44. The summed E-state index contributed by atoms with van der Waals surface area (Å²) in [5, 5.41) is 5.53. The van der Waals surface area contributed by atoms with Crippen LogP contribution < -0.4 is 5.32 Å². The van der Waals surface area contributed by atoms with Crippen LogP contribution in [0.1, 0.15) is 22.0 Å². The fourth-order valence-corrected chi connectivity index (χ4v) is 2.66. The maximum atomic E-state index is 3.39. The van der Waals surface area contributed by atoms with E-state index in [0.717, 1.165) is 6.42 Å². The molecule has 0 aliphatic heterocycles. The van der Waals surface area contributed by atoms with E-state index in [1.165, 1.54) is 16.0 Å². The molecule has 1 aromatic heterocycles. The van der Waals surface area contributed by atoms with Gasteiger partial charge in [-0.3, -0.25) is 0 Å². The van der Waals surface area contributed by atoms with E-state index in [1.807, 2.05) is 18.4 Å². The van der Waals surface area contributed by atoms with Gasteiger partial charge in [-0.2, -0.15) is 0 Å². The number of likely N-dealkylation sites (N-methyl/N-ethyl adjacent to an activating group) is 1. The van der Waals surface area contributed by atoms with Crippen molar-refractivity contribution in [3.63, 3.8) is 0 Å². The van der Waals surface area contributed by atoms with E-state index < -0.39 is 0 Å². The molecule has 0 radical (unpaired) electrons. The number of nitrogens with one attached hydrogen (secondary N) is 1. The van der Waals surface area contributed by atoms with Gasteiger partial charge < -0.3 is 5.32 Å². The van der Waals surface area contributed by atoms with E-state index in [1.54, 1.807) is 0 Å². The largest absolute Gasteiger partial charge is 0.313 e. The van der Waals surface area contributed by atoms with Gasteiger partial charge in [-0.15, -0.1) is 11.3 Å². The summed E-state index contributed by atoms with van der Waals surface area (Å²) in [5.41, 5.74) is 2.69. The summed E-state index contributed by atoms with van der Waals surface area (Å²) in [6.45, 7) is 2.14. The molecule has 2 aromatic rings. The fraction of sp³-hybridized carbons (Fsp3) is 0.286. The summed E-state index contributed by atoms with van der Waals surface area (Å²) in [4.78, 5) is 1.43. The summed E-state index contributed by atoms with van der Waals surface area (Å²) < 4.78 is 0. The van der Waals surface area contributed by atoms with Crippen LogP contribution in [-0.2, 0) is 6.42 Å². The molecule has 0 saturated carbocycles. The van der Waals surface area contributed by atoms with Gasteiger partial charge >= 0.3 is 0 Å². The van der Waals surface area contributed by atoms with Gasteiger partial charge in [-0.25, -0.2) is 0 Å². The van der Waals surface area contributed by atoms with Gasteiger partial charge in [0.1, 0.15) is 0 Å². The van der Waals surface area contributed by atoms with Crippen LogP contribution in [0.15, 0.2) is 41.8 Å². The van der Waals surface area contributed by atoms with Crippen molar-refractivity contribution in [2.24, 2.45) is 0 Å². The molecule has 0 aliphatic carbocycles. The van der Waals surface area contributed by atoms with E-state index in [2.05, 4.69) is 54.0 Å². The zero-order chi connectivity index (χ0) is 11.4. The van der Waals surface area contributed by atoms with Crippen molar-refractivity contribution < 1.29 is 0 Å². The third-order valence-electron chi connectivity index (χ3n) is 2.78. The van der Waals surface area contributed by atoms with Crippen LogP contribution in [0.5, 0.6) is 0 Å². The minimum Gasteiger partial charge on any atom is -0.313 e. The van der Waals surface area contributed by atoms with Gasteiger partial charge in [-0.1, -0.05) is 35.9 Å². The molecular formula is C14H17NS. The highest BCUT2D eigenvalue weighted by molar-refractivity contribution is 7.09. The van der Waals surface area contributed by atoms with Crippen molar-refractivity contribution >= 4 is 11.3 Å². The van der Waals surface area contributed by atoms with Crippen LogP contribution in [0.25, 0.3) is 0 Å². The SMILES string of the molecule is CNC(Cc1cccs1)c1cccc(C)c1. The summed E-state index contributed by atoms with van der Waals surface area (Å²) in [6, 6.07) is 13.5. The average Bonchev–Trinajstić information content (AvgIpc) is 2.78. The molecule has 2 rings (SSSR count). The predicted molar refractivity (Wildman–Crippen MR) is 71.0 cm³/mol. The standard InChI is InChI=1S/C14H17NS/c1-11-5-3-6-12(9-11)14(15-2)10-13-7-4-8-16-13/h3-9,14-15H,10H2,1-2H3. The van der Waals surface area contributed by atoms with E-state index in [0.29, 0.717) is 6.04 Å². The molecule has 1 unspecified atom stereocenters. The van der Waals surface area contributed by atoms with Crippen LogP contribution >= 0.6 is 11.3 Å². The zero-order valence-electron chi connectivity index (χ0n) is 9.73. The monoisotopic (exact) mass is 231 g/mol. The molecule has 1 N–H and O–H groups in total. The molecule has 2 heteroatoms. The average molecular weight is 231 g/mol. The number of rotatable bonds is 4. The summed E-state index contributed by atoms with van der Waals surface area (Å²) in [5.74, 6) is 0. The lowest BCUT2D eigenvalue weighted by Gasteiger charge is -2.16. The molecule has 1 heterocycles. The van der Waals surface area contributed by atoms with Gasteiger partial charge in [-0.05, 0) is 31.0 Å². The lowest BCUT2D eigenvalue weighted by atomic mass is 10.0. The fourth-order valence-electron chi connectivity index (χ4n) is 1.90. The highest BCUT2D eigenvalue weighted by Gasteiger charge is 2.10. The smallest absolute Gasteiger partial charge is 0.0366 e. The maximum absolute atomic E-state index is 3.39. The minimum atomic E-state index is 0.415. The molecule has 16 heavy (non-hydrogen) atoms. The Hall–Kier alpha value is -1.12. The van der Waals surface area contributed by atoms with E-state index >= 15 is 0 Å². The molecule has 1 atom stereocenters. The molecule has 1 nitrogen and oxygen atoms in total. The van der Waals surface area contributed by atoms with Gasteiger partial charge in [0.25, 0.3) is 0 Å². The molecule has 0 bridgehead atoms. The van der Waals surface area contributed by atoms with Crippen LogP contribution in [0.3, 0.4) is 0 Å². The predicted octanol–water partition coefficient (Wildman–Crippen LogP) is 3.56. The molecule has 0 amide bonds. The van der Waals surface area contributed by atoms with Crippen LogP contribution in [0.4, 0.5) is 0 Å². The van der Waals surface area contributed by atoms with E-state index in [-0.39, 0.29) is 0 Å². The Labute approximate surface area is 101 Å². The van der Waals surface area contributed by atoms with Crippen molar-refractivity contribution in [3.8, 4) is 0 Å². The molecular weight excluding hydrogens is 214 g/mol. The molecule has 0 spiro atoms. The minimum absolute atomic E-state index is 0.415. The third-order valence-corrected chi connectivity index (χ3v) is 3.68. The Kier molecular flexibility index (Phi) is 3.75. The van der Waals surface area contributed by atoms with Gasteiger partial charge in [0, 0.05) is 17.3 Å². The van der Waals surface area contributed by atoms with Crippen molar-refractivity contribution in [1.82, 2.24) is 5.32 Å². The molecule has 0 saturated heterocycles. The second kappa shape index (κ2) is 5.28. The highest BCUT2D eigenvalue weighted by Crippen LogP contribution is 2.21. The number of aryl methyl sites for hydroxylation is 1. The molecule has 0 aliphatic rings. The lowest BCUT2D eigenvalue weighted by molar-refractivity contribution is 0.596. The highest BCUT2D eigenvalue weighted by atomic mass is 32.1. The second-order valence-corrected chi connectivity index (χ2v) is 5.07. The summed E-state index contributed by atoms with van der Waals surface area (Å²) in [6.07, 6.45) is 1.07. The molecule has 84 valence electrons. The first-order chi connectivity index (χ1) is 7.79. The number of hydrogen-bond donors (Lipinski definition) is 1. The van der Waals surface area contributed by atoms with Crippen molar-refractivity contribution in [1.29, 1.82) is 0 Å². The van der Waals surface area contributed by atoms with Crippen molar-refractivity contribution in [3.05, 3.63) is 57.8 Å². The van der Waals surface area contributed by atoms with Crippen molar-refractivity contribution in [2.75, 3.05) is 7.05 Å². The number of thiophene rings is 1. The maximum Gasteiger partial charge on any atom is 0.0366 e. The number of hydrogen-bond acceptors (Lipinski definition) is 2. The van der Waals surface area contributed by atoms with E-state index in [9.17, 15) is 0 Å². The summed E-state index contributed by atoms with van der Waals surface area (Å²) in [7, 11) is 2.03. The van der Waals surface area contributed by atoms with Crippen LogP contribution in [-0.4, -0.2) is 7.05 Å². The lowest BCUT2D eigenvalue weighted by Crippen LogP contribution is -2.18.